The van der Waals surface area contributed by atoms with E-state index >= 15 is 0 Å². The second kappa shape index (κ2) is 10.2. The van der Waals surface area contributed by atoms with Crippen LogP contribution in [0.15, 0.2) is 119 Å². The molecule has 42 heavy (non-hydrogen) atoms. The van der Waals surface area contributed by atoms with Crippen molar-refractivity contribution in [3.63, 3.8) is 0 Å². The Morgan fingerprint density at radius 3 is 2.40 bits per heavy atom. The number of aryl methyl sites for hydroxylation is 3. The summed E-state index contributed by atoms with van der Waals surface area (Å²) >= 11 is 0. The maximum atomic E-state index is 6.70. The molecule has 7 rings (SSSR count). The summed E-state index contributed by atoms with van der Waals surface area (Å²) in [6.45, 7) is 16.9. The van der Waals surface area contributed by atoms with Crippen LogP contribution >= 0.6 is 0 Å². The molecular weight excluding hydrogens is 514 g/mol. The largest absolute Gasteiger partial charge is 0.437 e. The van der Waals surface area contributed by atoms with Gasteiger partial charge < -0.3 is 4.42 Å². The van der Waals surface area contributed by atoms with E-state index in [-0.39, 0.29) is 12.0 Å². The molecule has 4 nitrogen and oxygen atoms in total. The number of hydrogen-bond acceptors (Lipinski definition) is 4. The van der Waals surface area contributed by atoms with Gasteiger partial charge in [0.15, 0.2) is 0 Å². The van der Waals surface area contributed by atoms with Crippen LogP contribution in [0.25, 0.3) is 33.3 Å². The Bertz CT molecular complexity index is 1990. The first-order valence-corrected chi connectivity index (χ1v) is 14.6. The molecule has 206 valence electrons. The van der Waals surface area contributed by atoms with Crippen LogP contribution in [-0.4, -0.2) is 22.4 Å². The third-order valence-electron chi connectivity index (χ3n) is 8.76. The molecule has 2 atom stereocenters. The fourth-order valence-electron chi connectivity index (χ4n) is 6.89. The number of aliphatic imine (C=N–C) groups is 2. The molecule has 0 radical (unpaired) electrons. The third kappa shape index (κ3) is 4.18. The average molecular weight is 548 g/mol. The predicted octanol–water partition coefficient (Wildman–Crippen LogP) is 9.23. The summed E-state index contributed by atoms with van der Waals surface area (Å²) < 4.78 is 6.70. The molecule has 0 fully saturated rings. The summed E-state index contributed by atoms with van der Waals surface area (Å²) in [6, 6.07) is 23.4. The molecular formula is C38H33N3O. The number of benzene rings is 3. The van der Waals surface area contributed by atoms with Gasteiger partial charge in [0.25, 0.3) is 0 Å². The topological polar surface area (TPSA) is 50.8 Å². The molecule has 0 N–H and O–H groups in total. The molecule has 0 saturated carbocycles. The number of pyridine rings is 1. The first-order chi connectivity index (χ1) is 20.5. The highest BCUT2D eigenvalue weighted by Gasteiger charge is 2.32. The summed E-state index contributed by atoms with van der Waals surface area (Å²) in [6.07, 6.45) is 6.17. The van der Waals surface area contributed by atoms with Crippen LogP contribution in [-0.2, 0) is 6.42 Å². The van der Waals surface area contributed by atoms with Crippen LogP contribution in [0.3, 0.4) is 0 Å². The standard InChI is InChI=1S/C38H33N3O/c1-6-30-28-16-12-11-15-27(28)29-18-17-26-19-22(3)34-35-23(4)20-32(25-13-9-8-10-14-25)41-38(35)42-37(34)36(26)31(7-2)39-24(5)21-33(29)40-30/h6-16,19-20,29,33H,1-2,5,17-18,21H2,3-4H3/b39-31-. The van der Waals surface area contributed by atoms with Crippen molar-refractivity contribution < 1.29 is 4.42 Å². The summed E-state index contributed by atoms with van der Waals surface area (Å²) in [5.41, 5.74) is 12.9. The van der Waals surface area contributed by atoms with Gasteiger partial charge in [-0.15, -0.1) is 0 Å². The van der Waals surface area contributed by atoms with Crippen LogP contribution in [0.4, 0.5) is 0 Å². The zero-order valence-corrected chi connectivity index (χ0v) is 24.2. The maximum absolute atomic E-state index is 6.70. The highest BCUT2D eigenvalue weighted by atomic mass is 16.3. The van der Waals surface area contributed by atoms with Crippen molar-refractivity contribution in [3.05, 3.63) is 138 Å². The minimum atomic E-state index is 0.0519. The molecule has 2 aliphatic heterocycles. The third-order valence-corrected chi connectivity index (χ3v) is 8.76. The maximum Gasteiger partial charge on any atom is 0.228 e. The highest BCUT2D eigenvalue weighted by Crippen LogP contribution is 2.42. The molecule has 2 aliphatic rings. The Kier molecular flexibility index (Phi) is 6.35. The van der Waals surface area contributed by atoms with Crippen molar-refractivity contribution in [3.8, 4) is 11.3 Å². The normalized spacial score (nSPS) is 19.7. The van der Waals surface area contributed by atoms with E-state index in [1.165, 1.54) is 22.3 Å². The van der Waals surface area contributed by atoms with E-state index in [1.54, 1.807) is 0 Å². The van der Waals surface area contributed by atoms with Crippen molar-refractivity contribution in [1.29, 1.82) is 0 Å². The second-order valence-electron chi connectivity index (χ2n) is 11.4. The van der Waals surface area contributed by atoms with Gasteiger partial charge in [-0.25, -0.2) is 4.98 Å². The number of allylic oxidation sites excluding steroid dienone is 2. The van der Waals surface area contributed by atoms with E-state index in [2.05, 4.69) is 82.1 Å². The lowest BCUT2D eigenvalue weighted by Gasteiger charge is -2.32. The van der Waals surface area contributed by atoms with Crippen LogP contribution in [0.5, 0.6) is 0 Å². The fraction of sp³-hybridized carbons (Fsp3) is 0.184. The van der Waals surface area contributed by atoms with Crippen molar-refractivity contribution >= 4 is 33.5 Å². The zero-order chi connectivity index (χ0) is 29.0. The minimum Gasteiger partial charge on any atom is -0.437 e. The summed E-state index contributed by atoms with van der Waals surface area (Å²) in [5.74, 6) is 0.249. The smallest absolute Gasteiger partial charge is 0.228 e. The van der Waals surface area contributed by atoms with Crippen molar-refractivity contribution in [2.75, 3.05) is 0 Å². The van der Waals surface area contributed by atoms with Crippen LogP contribution < -0.4 is 0 Å². The van der Waals surface area contributed by atoms with Gasteiger partial charge in [-0.2, -0.15) is 0 Å². The zero-order valence-electron chi connectivity index (χ0n) is 24.2. The number of fused-ring (bicyclic) bond motifs is 8. The van der Waals surface area contributed by atoms with Crippen molar-refractivity contribution in [1.82, 2.24) is 4.98 Å². The Labute approximate surface area is 246 Å². The van der Waals surface area contributed by atoms with Gasteiger partial charge in [0.1, 0.15) is 5.58 Å². The lowest BCUT2D eigenvalue weighted by Crippen LogP contribution is -2.27. The van der Waals surface area contributed by atoms with Crippen LogP contribution in [0.2, 0.25) is 0 Å². The quantitative estimate of drug-likeness (QED) is 0.226. The molecule has 0 amide bonds. The van der Waals surface area contributed by atoms with E-state index in [0.717, 1.165) is 68.7 Å². The van der Waals surface area contributed by atoms with Gasteiger partial charge in [-0.1, -0.05) is 80.4 Å². The number of aromatic nitrogens is 1. The van der Waals surface area contributed by atoms with E-state index < -0.39 is 0 Å². The van der Waals surface area contributed by atoms with Gasteiger partial charge in [0.2, 0.25) is 5.71 Å². The Hall–Kier alpha value is -4.83. The van der Waals surface area contributed by atoms with Gasteiger partial charge in [0.05, 0.1) is 28.5 Å². The average Bonchev–Trinajstić information content (AvgIpc) is 3.40. The van der Waals surface area contributed by atoms with E-state index in [9.17, 15) is 0 Å². The molecule has 3 aromatic carbocycles. The predicted molar refractivity (Wildman–Crippen MR) is 175 cm³/mol. The first kappa shape index (κ1) is 26.1. The van der Waals surface area contributed by atoms with Crippen molar-refractivity contribution in [2.24, 2.45) is 9.98 Å². The minimum absolute atomic E-state index is 0.0519. The first-order valence-electron chi connectivity index (χ1n) is 14.6. The Morgan fingerprint density at radius 2 is 1.62 bits per heavy atom. The second-order valence-corrected chi connectivity index (χ2v) is 11.4. The van der Waals surface area contributed by atoms with Crippen LogP contribution in [0.1, 0.15) is 52.1 Å². The highest BCUT2D eigenvalue weighted by molar-refractivity contribution is 6.21. The summed E-state index contributed by atoms with van der Waals surface area (Å²) in [5, 5.41) is 2.14. The lowest BCUT2D eigenvalue weighted by molar-refractivity contribution is 0.490. The van der Waals surface area contributed by atoms with E-state index in [1.807, 2.05) is 30.4 Å². The fourth-order valence-corrected chi connectivity index (χ4v) is 6.89. The summed E-state index contributed by atoms with van der Waals surface area (Å²) in [7, 11) is 0. The molecule has 0 aliphatic carbocycles. The summed E-state index contributed by atoms with van der Waals surface area (Å²) in [4.78, 5) is 15.2. The van der Waals surface area contributed by atoms with Gasteiger partial charge in [-0.3, -0.25) is 9.98 Å². The Morgan fingerprint density at radius 1 is 0.881 bits per heavy atom. The number of nitrogens with zero attached hydrogens (tertiary/aromatic N) is 3. The van der Waals surface area contributed by atoms with Gasteiger partial charge in [-0.05, 0) is 67.2 Å². The SMILES string of the molecule is C=CC1=NC2CC(=C)/N=C(/C=C)c3c(cc(C)c4c3oc3nc(-c5ccccc5)cc(C)c34)CCC2c2ccccc21. The number of hydrogen-bond donors (Lipinski definition) is 0. The van der Waals surface area contributed by atoms with Gasteiger partial charge in [0, 0.05) is 40.1 Å². The number of furan rings is 1. The molecule has 4 heteroatoms. The molecule has 0 saturated heterocycles. The molecule has 5 aromatic rings. The van der Waals surface area contributed by atoms with E-state index in [4.69, 9.17) is 19.4 Å². The van der Waals surface area contributed by atoms with Gasteiger partial charge >= 0.3 is 0 Å². The van der Waals surface area contributed by atoms with Crippen molar-refractivity contribution in [2.45, 2.75) is 45.1 Å². The monoisotopic (exact) mass is 547 g/mol. The molecule has 4 heterocycles. The molecule has 2 aromatic heterocycles. The van der Waals surface area contributed by atoms with E-state index in [0.29, 0.717) is 12.1 Å². The van der Waals surface area contributed by atoms with Crippen LogP contribution in [0, 0.1) is 13.8 Å². The molecule has 0 bridgehead atoms. The lowest BCUT2D eigenvalue weighted by atomic mass is 9.78. The molecule has 2 unspecified atom stereocenters. The Balaban J connectivity index is 1.44. The molecule has 0 spiro atoms. The number of rotatable bonds is 3.